The molecule has 1 N–H and O–H groups in total. The summed E-state index contributed by atoms with van der Waals surface area (Å²) in [7, 11) is 0. The smallest absolute Gasteiger partial charge is 0.221 e. The highest BCUT2D eigenvalue weighted by Crippen LogP contribution is 2.05. The number of carbonyl (C=O) groups excluding carboxylic acids is 1. The number of amides is 1. The molecule has 1 aliphatic rings. The summed E-state index contributed by atoms with van der Waals surface area (Å²) < 4.78 is 5.23. The fourth-order valence-corrected chi connectivity index (χ4v) is 1.46. The topological polar surface area (TPSA) is 38.3 Å². The number of carbonyl (C=O) groups is 1. The van der Waals surface area contributed by atoms with E-state index in [1.807, 2.05) is 0 Å². The van der Waals surface area contributed by atoms with Gasteiger partial charge >= 0.3 is 0 Å². The predicted octanol–water partition coefficient (Wildman–Crippen LogP) is 0.601. The lowest BCUT2D eigenvalue weighted by Gasteiger charge is -2.22. The van der Waals surface area contributed by atoms with Crippen molar-refractivity contribution in [3.63, 3.8) is 0 Å². The van der Waals surface area contributed by atoms with Crippen LogP contribution in [0.2, 0.25) is 0 Å². The van der Waals surface area contributed by atoms with Crippen LogP contribution in [-0.4, -0.2) is 30.9 Å². The molecule has 0 saturated carbocycles. The van der Waals surface area contributed by atoms with E-state index >= 15 is 0 Å². The first-order valence-electron chi connectivity index (χ1n) is 4.31. The Bertz CT molecular complexity index is 146. The maximum Gasteiger partial charge on any atom is 0.221 e. The molecular formula is C8H15NO2S. The molecule has 0 spiro atoms. The molecule has 70 valence electrons. The van der Waals surface area contributed by atoms with Gasteiger partial charge < -0.3 is 10.1 Å². The van der Waals surface area contributed by atoms with E-state index in [4.69, 9.17) is 4.74 Å². The van der Waals surface area contributed by atoms with Crippen molar-refractivity contribution >= 4 is 18.5 Å². The summed E-state index contributed by atoms with van der Waals surface area (Å²) in [6, 6.07) is 0.228. The van der Waals surface area contributed by atoms with Gasteiger partial charge in [0.2, 0.25) is 5.91 Å². The Morgan fingerprint density at radius 3 is 3.08 bits per heavy atom. The quantitative estimate of drug-likeness (QED) is 0.638. The monoisotopic (exact) mass is 189 g/mol. The molecular weight excluding hydrogens is 174 g/mol. The average Bonchev–Trinajstić information content (AvgIpc) is 2.06. The Labute approximate surface area is 78.3 Å². The third kappa shape index (κ3) is 3.45. The lowest BCUT2D eigenvalue weighted by atomic mass is 10.1. The second-order valence-corrected chi connectivity index (χ2v) is 3.40. The van der Waals surface area contributed by atoms with Crippen LogP contribution < -0.4 is 5.32 Å². The van der Waals surface area contributed by atoms with Gasteiger partial charge in [0.1, 0.15) is 0 Å². The zero-order valence-corrected chi connectivity index (χ0v) is 7.98. The van der Waals surface area contributed by atoms with Gasteiger partial charge in [0.05, 0.1) is 12.6 Å². The number of hydrogen-bond donors (Lipinski definition) is 2. The molecule has 4 heteroatoms. The molecule has 1 heterocycles. The fourth-order valence-electron chi connectivity index (χ4n) is 1.26. The van der Waals surface area contributed by atoms with Crippen molar-refractivity contribution in [3.8, 4) is 0 Å². The number of ether oxygens (including phenoxy) is 1. The van der Waals surface area contributed by atoms with Gasteiger partial charge in [-0.15, -0.1) is 0 Å². The van der Waals surface area contributed by atoms with E-state index < -0.39 is 0 Å². The van der Waals surface area contributed by atoms with Crippen molar-refractivity contribution in [2.24, 2.45) is 0 Å². The van der Waals surface area contributed by atoms with Crippen molar-refractivity contribution in [2.45, 2.75) is 25.3 Å². The summed E-state index contributed by atoms with van der Waals surface area (Å²) in [5, 5.41) is 2.91. The molecule has 1 saturated heterocycles. The number of rotatable bonds is 3. The number of thiol groups is 1. The molecule has 0 aromatic rings. The third-order valence-corrected chi connectivity index (χ3v) is 2.09. The molecule has 3 nitrogen and oxygen atoms in total. The molecule has 1 amide bonds. The normalized spacial score (nSPS) is 23.6. The molecule has 1 unspecified atom stereocenters. The minimum absolute atomic E-state index is 0.0838. The highest BCUT2D eigenvalue weighted by atomic mass is 32.1. The molecule has 1 fully saturated rings. The van der Waals surface area contributed by atoms with Crippen LogP contribution in [0.25, 0.3) is 0 Å². The highest BCUT2D eigenvalue weighted by Gasteiger charge is 2.15. The highest BCUT2D eigenvalue weighted by molar-refractivity contribution is 7.80. The van der Waals surface area contributed by atoms with E-state index in [1.165, 1.54) is 0 Å². The average molecular weight is 189 g/mol. The Morgan fingerprint density at radius 2 is 2.50 bits per heavy atom. The van der Waals surface area contributed by atoms with Crippen LogP contribution in [0.3, 0.4) is 0 Å². The van der Waals surface area contributed by atoms with Crippen LogP contribution in [0.15, 0.2) is 0 Å². The Balaban J connectivity index is 2.15. The molecule has 0 aromatic carbocycles. The van der Waals surface area contributed by atoms with Gasteiger partial charge in [-0.05, 0) is 18.6 Å². The first-order valence-corrected chi connectivity index (χ1v) is 4.94. The first-order chi connectivity index (χ1) is 5.83. The van der Waals surface area contributed by atoms with Crippen LogP contribution in [0.5, 0.6) is 0 Å². The van der Waals surface area contributed by atoms with E-state index in [-0.39, 0.29) is 11.9 Å². The van der Waals surface area contributed by atoms with E-state index in [0.29, 0.717) is 18.8 Å². The van der Waals surface area contributed by atoms with Crippen molar-refractivity contribution in [1.82, 2.24) is 5.32 Å². The summed E-state index contributed by atoms with van der Waals surface area (Å²) >= 11 is 3.99. The summed E-state index contributed by atoms with van der Waals surface area (Å²) in [4.78, 5) is 11.1. The van der Waals surface area contributed by atoms with E-state index in [1.54, 1.807) is 0 Å². The van der Waals surface area contributed by atoms with Gasteiger partial charge in [0.15, 0.2) is 0 Å². The van der Waals surface area contributed by atoms with Crippen molar-refractivity contribution in [2.75, 3.05) is 19.0 Å². The van der Waals surface area contributed by atoms with Gasteiger partial charge in [0, 0.05) is 13.0 Å². The van der Waals surface area contributed by atoms with Crippen LogP contribution >= 0.6 is 12.6 Å². The van der Waals surface area contributed by atoms with Gasteiger partial charge in [-0.1, -0.05) is 0 Å². The maximum absolute atomic E-state index is 11.1. The second-order valence-electron chi connectivity index (χ2n) is 2.96. The van der Waals surface area contributed by atoms with E-state index in [9.17, 15) is 4.79 Å². The van der Waals surface area contributed by atoms with Crippen molar-refractivity contribution < 1.29 is 9.53 Å². The Kier molecular flexibility index (Phi) is 4.46. The standard InChI is InChI=1S/C8H15NO2S/c10-8(3-5-12)9-7-2-1-4-11-6-7/h7,12H,1-6H2,(H,9,10). The lowest BCUT2D eigenvalue weighted by molar-refractivity contribution is -0.122. The SMILES string of the molecule is O=C(CCS)NC1CCCOC1. The lowest BCUT2D eigenvalue weighted by Crippen LogP contribution is -2.40. The third-order valence-electron chi connectivity index (χ3n) is 1.86. The van der Waals surface area contributed by atoms with Crippen LogP contribution in [0, 0.1) is 0 Å². The minimum atomic E-state index is 0.0838. The minimum Gasteiger partial charge on any atom is -0.379 e. The molecule has 1 aliphatic heterocycles. The summed E-state index contributed by atoms with van der Waals surface area (Å²) in [5.74, 6) is 0.694. The van der Waals surface area contributed by atoms with Crippen molar-refractivity contribution in [3.05, 3.63) is 0 Å². The first kappa shape index (κ1) is 9.86. The Hall–Kier alpha value is -0.220. The van der Waals surface area contributed by atoms with Crippen molar-refractivity contribution in [1.29, 1.82) is 0 Å². The number of nitrogens with one attached hydrogen (secondary N) is 1. The summed E-state index contributed by atoms with van der Waals surface area (Å²) in [6.07, 6.45) is 2.59. The molecule has 0 bridgehead atoms. The molecule has 0 aromatic heterocycles. The van der Waals surface area contributed by atoms with Gasteiger partial charge in [-0.25, -0.2) is 0 Å². The van der Waals surface area contributed by atoms with E-state index in [2.05, 4.69) is 17.9 Å². The molecule has 1 atom stereocenters. The molecule has 12 heavy (non-hydrogen) atoms. The molecule has 0 aliphatic carbocycles. The van der Waals surface area contributed by atoms with Gasteiger partial charge in [0.25, 0.3) is 0 Å². The Morgan fingerprint density at radius 1 is 1.67 bits per heavy atom. The largest absolute Gasteiger partial charge is 0.379 e. The summed E-state index contributed by atoms with van der Waals surface area (Å²) in [6.45, 7) is 1.50. The zero-order chi connectivity index (χ0) is 8.81. The van der Waals surface area contributed by atoms with Crippen LogP contribution in [0.1, 0.15) is 19.3 Å². The molecule has 0 radical (unpaired) electrons. The number of hydrogen-bond acceptors (Lipinski definition) is 3. The second kappa shape index (κ2) is 5.43. The van der Waals surface area contributed by atoms with Crippen LogP contribution in [0.4, 0.5) is 0 Å². The summed E-state index contributed by atoms with van der Waals surface area (Å²) in [5.41, 5.74) is 0. The fraction of sp³-hybridized carbons (Fsp3) is 0.875. The maximum atomic E-state index is 11.1. The van der Waals surface area contributed by atoms with Crippen LogP contribution in [-0.2, 0) is 9.53 Å². The zero-order valence-electron chi connectivity index (χ0n) is 7.08. The molecule has 1 rings (SSSR count). The predicted molar refractivity (Wildman–Crippen MR) is 50.5 cm³/mol. The van der Waals surface area contributed by atoms with E-state index in [0.717, 1.165) is 19.4 Å². The van der Waals surface area contributed by atoms with Gasteiger partial charge in [-0.2, -0.15) is 12.6 Å². The van der Waals surface area contributed by atoms with Gasteiger partial charge in [-0.3, -0.25) is 4.79 Å².